The van der Waals surface area contributed by atoms with Crippen molar-refractivity contribution in [3.63, 3.8) is 0 Å². The van der Waals surface area contributed by atoms with Crippen LogP contribution in [-0.2, 0) is 5.33 Å². The van der Waals surface area contributed by atoms with E-state index in [1.165, 1.54) is 6.07 Å². The molecule has 2 aromatic rings. The first-order valence-electron chi connectivity index (χ1n) is 4.97. The lowest BCUT2D eigenvalue weighted by atomic mass is 10.2. The molecule has 0 spiro atoms. The molecule has 0 aliphatic rings. The zero-order chi connectivity index (χ0) is 12.3. The molecule has 0 aliphatic heterocycles. The second kappa shape index (κ2) is 5.52. The van der Waals surface area contributed by atoms with Crippen molar-refractivity contribution < 1.29 is 9.13 Å². The molecular formula is C13H9BrClFO. The molecule has 0 aliphatic carbocycles. The van der Waals surface area contributed by atoms with Crippen molar-refractivity contribution in [1.82, 2.24) is 0 Å². The van der Waals surface area contributed by atoms with Gasteiger partial charge in [0.25, 0.3) is 0 Å². The van der Waals surface area contributed by atoms with Crippen LogP contribution < -0.4 is 4.74 Å². The van der Waals surface area contributed by atoms with Crippen molar-refractivity contribution in [2.45, 2.75) is 5.33 Å². The van der Waals surface area contributed by atoms with Crippen molar-refractivity contribution >= 4 is 27.5 Å². The first-order chi connectivity index (χ1) is 8.20. The Hall–Kier alpha value is -1.06. The molecule has 0 atom stereocenters. The molecule has 0 heterocycles. The van der Waals surface area contributed by atoms with Crippen LogP contribution in [-0.4, -0.2) is 0 Å². The van der Waals surface area contributed by atoms with Gasteiger partial charge in [0.2, 0.25) is 0 Å². The fraction of sp³-hybridized carbons (Fsp3) is 0.0769. The minimum Gasteiger partial charge on any atom is -0.457 e. The van der Waals surface area contributed by atoms with Crippen molar-refractivity contribution in [2.75, 3.05) is 0 Å². The molecule has 0 saturated heterocycles. The number of hydrogen-bond donors (Lipinski definition) is 0. The first-order valence-corrected chi connectivity index (χ1v) is 6.47. The lowest BCUT2D eigenvalue weighted by Gasteiger charge is -2.10. The van der Waals surface area contributed by atoms with Gasteiger partial charge in [-0.2, -0.15) is 0 Å². The molecule has 2 aromatic carbocycles. The normalized spacial score (nSPS) is 10.3. The Labute approximate surface area is 112 Å². The third kappa shape index (κ3) is 2.99. The molecule has 0 N–H and O–H groups in total. The van der Waals surface area contributed by atoms with Crippen LogP contribution in [0.5, 0.6) is 11.5 Å². The van der Waals surface area contributed by atoms with E-state index in [1.54, 1.807) is 36.4 Å². The van der Waals surface area contributed by atoms with E-state index in [9.17, 15) is 4.39 Å². The highest BCUT2D eigenvalue weighted by Gasteiger charge is 2.09. The molecule has 0 unspecified atom stereocenters. The Bertz CT molecular complexity index is 531. The second-order valence-electron chi connectivity index (χ2n) is 3.41. The summed E-state index contributed by atoms with van der Waals surface area (Å²) in [6.07, 6.45) is 0. The van der Waals surface area contributed by atoms with Gasteiger partial charge in [0.15, 0.2) is 0 Å². The molecule has 0 aromatic heterocycles. The summed E-state index contributed by atoms with van der Waals surface area (Å²) in [6.45, 7) is 0. The predicted molar refractivity (Wildman–Crippen MR) is 70.6 cm³/mol. The Morgan fingerprint density at radius 1 is 1.18 bits per heavy atom. The lowest BCUT2D eigenvalue weighted by molar-refractivity contribution is 0.471. The van der Waals surface area contributed by atoms with Gasteiger partial charge in [0.1, 0.15) is 17.3 Å². The number of halogens is 3. The molecule has 1 nitrogen and oxygen atoms in total. The van der Waals surface area contributed by atoms with E-state index in [4.69, 9.17) is 16.3 Å². The van der Waals surface area contributed by atoms with Crippen molar-refractivity contribution in [2.24, 2.45) is 0 Å². The van der Waals surface area contributed by atoms with E-state index >= 15 is 0 Å². The van der Waals surface area contributed by atoms with Crippen LogP contribution in [0.2, 0.25) is 5.02 Å². The van der Waals surface area contributed by atoms with Crippen molar-refractivity contribution in [3.8, 4) is 11.5 Å². The maximum absolute atomic E-state index is 13.5. The van der Waals surface area contributed by atoms with Gasteiger partial charge in [-0.05, 0) is 30.3 Å². The lowest BCUT2D eigenvalue weighted by Crippen LogP contribution is -1.92. The van der Waals surface area contributed by atoms with Gasteiger partial charge in [0.05, 0.1) is 0 Å². The smallest absolute Gasteiger partial charge is 0.134 e. The molecule has 0 fully saturated rings. The van der Waals surface area contributed by atoms with Gasteiger partial charge >= 0.3 is 0 Å². The Morgan fingerprint density at radius 2 is 1.94 bits per heavy atom. The maximum atomic E-state index is 13.5. The summed E-state index contributed by atoms with van der Waals surface area (Å²) in [5, 5.41) is 0.981. The predicted octanol–water partition coefficient (Wildman–Crippen LogP) is 5.17. The molecule has 0 saturated carbocycles. The minimum absolute atomic E-state index is 0.290. The maximum Gasteiger partial charge on any atom is 0.134 e. The van der Waals surface area contributed by atoms with Crippen molar-refractivity contribution in [3.05, 3.63) is 58.9 Å². The standard InChI is InChI=1S/C13H9BrClFO/c14-8-11-12(16)5-2-6-13(11)17-10-4-1-3-9(15)7-10/h1-7H,8H2. The molecule has 17 heavy (non-hydrogen) atoms. The molecule has 2 rings (SSSR count). The summed E-state index contributed by atoms with van der Waals surface area (Å²) < 4.78 is 19.1. The zero-order valence-corrected chi connectivity index (χ0v) is 11.1. The number of rotatable bonds is 3. The molecule has 0 radical (unpaired) electrons. The van der Waals surface area contributed by atoms with Gasteiger partial charge in [-0.25, -0.2) is 4.39 Å². The van der Waals surface area contributed by atoms with Crippen LogP contribution >= 0.6 is 27.5 Å². The highest BCUT2D eigenvalue weighted by Crippen LogP contribution is 2.29. The largest absolute Gasteiger partial charge is 0.457 e. The van der Waals surface area contributed by atoms with E-state index in [0.717, 1.165) is 0 Å². The number of ether oxygens (including phenoxy) is 1. The summed E-state index contributed by atoms with van der Waals surface area (Å²) in [5.41, 5.74) is 0.493. The first kappa shape index (κ1) is 12.4. The average molecular weight is 316 g/mol. The quantitative estimate of drug-likeness (QED) is 0.710. The van der Waals surface area contributed by atoms with Crippen LogP contribution in [0, 0.1) is 5.82 Å². The molecule has 0 bridgehead atoms. The molecular weight excluding hydrogens is 306 g/mol. The van der Waals surface area contributed by atoms with Crippen molar-refractivity contribution in [1.29, 1.82) is 0 Å². The third-order valence-electron chi connectivity index (χ3n) is 2.23. The van der Waals surface area contributed by atoms with E-state index in [2.05, 4.69) is 15.9 Å². The molecule has 4 heteroatoms. The second-order valence-corrected chi connectivity index (χ2v) is 4.41. The van der Waals surface area contributed by atoms with Gasteiger partial charge in [-0.1, -0.05) is 39.7 Å². The summed E-state index contributed by atoms with van der Waals surface area (Å²) in [5.74, 6) is 0.788. The van der Waals surface area contributed by atoms with E-state index in [0.29, 0.717) is 27.4 Å². The third-order valence-corrected chi connectivity index (χ3v) is 3.03. The Balaban J connectivity index is 2.33. The average Bonchev–Trinajstić information content (AvgIpc) is 2.29. The summed E-state index contributed by atoms with van der Waals surface area (Å²) in [6, 6.07) is 11.7. The SMILES string of the molecule is Fc1cccc(Oc2cccc(Cl)c2)c1CBr. The number of benzene rings is 2. The molecule has 0 amide bonds. The van der Waals surface area contributed by atoms with Crippen LogP contribution in [0.3, 0.4) is 0 Å². The van der Waals surface area contributed by atoms with Crippen LogP contribution in [0.4, 0.5) is 4.39 Å². The number of hydrogen-bond acceptors (Lipinski definition) is 1. The minimum atomic E-state index is -0.290. The summed E-state index contributed by atoms with van der Waals surface area (Å²) in [7, 11) is 0. The fourth-order valence-corrected chi connectivity index (χ4v) is 2.15. The highest BCUT2D eigenvalue weighted by atomic mass is 79.9. The topological polar surface area (TPSA) is 9.23 Å². The monoisotopic (exact) mass is 314 g/mol. The van der Waals surface area contributed by atoms with Gasteiger partial charge in [-0.15, -0.1) is 0 Å². The highest BCUT2D eigenvalue weighted by molar-refractivity contribution is 9.08. The summed E-state index contributed by atoms with van der Waals surface area (Å²) in [4.78, 5) is 0. The Morgan fingerprint density at radius 3 is 2.65 bits per heavy atom. The van der Waals surface area contributed by atoms with E-state index < -0.39 is 0 Å². The van der Waals surface area contributed by atoms with Gasteiger partial charge < -0.3 is 4.74 Å². The van der Waals surface area contributed by atoms with Gasteiger partial charge in [-0.3, -0.25) is 0 Å². The fourth-order valence-electron chi connectivity index (χ4n) is 1.42. The summed E-state index contributed by atoms with van der Waals surface area (Å²) >= 11 is 9.09. The van der Waals surface area contributed by atoms with Crippen LogP contribution in [0.1, 0.15) is 5.56 Å². The van der Waals surface area contributed by atoms with Crippen LogP contribution in [0.25, 0.3) is 0 Å². The zero-order valence-electron chi connectivity index (χ0n) is 8.79. The van der Waals surface area contributed by atoms with E-state index in [1.807, 2.05) is 0 Å². The number of alkyl halides is 1. The van der Waals surface area contributed by atoms with Gasteiger partial charge in [0, 0.05) is 15.9 Å². The van der Waals surface area contributed by atoms with E-state index in [-0.39, 0.29) is 5.82 Å². The van der Waals surface area contributed by atoms with Crippen LogP contribution in [0.15, 0.2) is 42.5 Å². The Kier molecular flexibility index (Phi) is 4.02. The molecule has 88 valence electrons.